The Morgan fingerprint density at radius 1 is 1.12 bits per heavy atom. The van der Waals surface area contributed by atoms with Crippen LogP contribution in [0.5, 0.6) is 5.88 Å². The number of furan rings is 1. The van der Waals surface area contributed by atoms with Gasteiger partial charge in [-0.25, -0.2) is 0 Å². The summed E-state index contributed by atoms with van der Waals surface area (Å²) in [5, 5.41) is 9.08. The van der Waals surface area contributed by atoms with Crippen molar-refractivity contribution < 1.29 is 9.15 Å². The Kier molecular flexibility index (Phi) is 5.08. The maximum Gasteiger partial charge on any atom is 0.244 e. The van der Waals surface area contributed by atoms with Crippen molar-refractivity contribution in [1.82, 2.24) is 20.1 Å². The van der Waals surface area contributed by atoms with Gasteiger partial charge in [-0.1, -0.05) is 23.7 Å². The van der Waals surface area contributed by atoms with Crippen molar-refractivity contribution in [2.24, 2.45) is 0 Å². The summed E-state index contributed by atoms with van der Waals surface area (Å²) in [7, 11) is 3.96. The number of benzene rings is 1. The first-order chi connectivity index (χ1) is 11.6. The van der Waals surface area contributed by atoms with Gasteiger partial charge >= 0.3 is 0 Å². The van der Waals surface area contributed by atoms with Crippen molar-refractivity contribution in [2.45, 2.75) is 0 Å². The molecular formula is C17H17ClN4O2. The van der Waals surface area contributed by atoms with Crippen LogP contribution in [0, 0.1) is 0 Å². The summed E-state index contributed by atoms with van der Waals surface area (Å²) in [5.74, 6) is 1.35. The van der Waals surface area contributed by atoms with Crippen molar-refractivity contribution in [3.8, 4) is 28.7 Å². The molecule has 0 bridgehead atoms. The third-order valence-electron chi connectivity index (χ3n) is 3.29. The van der Waals surface area contributed by atoms with E-state index in [1.165, 1.54) is 0 Å². The molecule has 0 atom stereocenters. The molecule has 0 amide bonds. The van der Waals surface area contributed by atoms with Crippen LogP contribution in [0.15, 0.2) is 47.1 Å². The molecule has 0 aliphatic heterocycles. The molecular weight excluding hydrogens is 328 g/mol. The fraction of sp³-hybridized carbons (Fsp3) is 0.235. The Morgan fingerprint density at radius 2 is 1.92 bits per heavy atom. The van der Waals surface area contributed by atoms with Crippen LogP contribution in [0.1, 0.15) is 0 Å². The summed E-state index contributed by atoms with van der Waals surface area (Å²) in [6.45, 7) is 1.25. The molecule has 3 aromatic rings. The zero-order valence-corrected chi connectivity index (χ0v) is 14.2. The number of ether oxygens (including phenoxy) is 1. The van der Waals surface area contributed by atoms with Crippen LogP contribution < -0.4 is 4.74 Å². The topological polar surface area (TPSA) is 64.3 Å². The van der Waals surface area contributed by atoms with Crippen LogP contribution in [-0.2, 0) is 0 Å². The van der Waals surface area contributed by atoms with Crippen LogP contribution in [-0.4, -0.2) is 47.3 Å². The van der Waals surface area contributed by atoms with E-state index in [2.05, 4.69) is 15.2 Å². The van der Waals surface area contributed by atoms with E-state index in [1.54, 1.807) is 30.5 Å². The normalized spacial score (nSPS) is 11.0. The molecule has 0 fully saturated rings. The summed E-state index contributed by atoms with van der Waals surface area (Å²) in [4.78, 5) is 6.50. The number of aromatic nitrogens is 3. The van der Waals surface area contributed by atoms with Crippen LogP contribution in [0.25, 0.3) is 22.8 Å². The first-order valence-corrected chi connectivity index (χ1v) is 7.83. The lowest BCUT2D eigenvalue weighted by molar-refractivity contribution is 0.253. The average Bonchev–Trinajstić information content (AvgIpc) is 3.10. The van der Waals surface area contributed by atoms with E-state index in [9.17, 15) is 0 Å². The van der Waals surface area contributed by atoms with Crippen molar-refractivity contribution in [2.75, 3.05) is 27.2 Å². The molecule has 124 valence electrons. The van der Waals surface area contributed by atoms with Crippen LogP contribution in [0.4, 0.5) is 0 Å². The molecule has 6 nitrogen and oxygen atoms in total. The predicted octanol–water partition coefficient (Wildman–Crippen LogP) is 3.39. The minimum Gasteiger partial charge on any atom is -0.475 e. The summed E-state index contributed by atoms with van der Waals surface area (Å²) >= 11 is 5.95. The number of hydrogen-bond acceptors (Lipinski definition) is 6. The van der Waals surface area contributed by atoms with Crippen molar-refractivity contribution >= 4 is 11.6 Å². The number of likely N-dealkylation sites (N-methyl/N-ethyl adjacent to an activating group) is 1. The Morgan fingerprint density at radius 3 is 2.58 bits per heavy atom. The van der Waals surface area contributed by atoms with E-state index < -0.39 is 0 Å². The molecule has 0 spiro atoms. The second-order valence-electron chi connectivity index (χ2n) is 5.43. The van der Waals surface area contributed by atoms with Gasteiger partial charge in [0.05, 0.1) is 6.26 Å². The van der Waals surface area contributed by atoms with E-state index in [-0.39, 0.29) is 0 Å². The molecule has 0 saturated carbocycles. The smallest absolute Gasteiger partial charge is 0.244 e. The first-order valence-electron chi connectivity index (χ1n) is 7.45. The van der Waals surface area contributed by atoms with Crippen LogP contribution in [0.3, 0.4) is 0 Å². The zero-order valence-electron chi connectivity index (χ0n) is 13.4. The van der Waals surface area contributed by atoms with Gasteiger partial charge in [-0.15, -0.1) is 10.2 Å². The molecule has 0 aliphatic rings. The van der Waals surface area contributed by atoms with Gasteiger partial charge in [0, 0.05) is 17.1 Å². The minimum absolute atomic E-state index is 0.387. The van der Waals surface area contributed by atoms with Crippen LogP contribution in [0.2, 0.25) is 5.02 Å². The maximum absolute atomic E-state index is 5.95. The van der Waals surface area contributed by atoms with Gasteiger partial charge in [-0.2, -0.15) is 4.98 Å². The Bertz CT molecular complexity index is 789. The number of nitrogens with zero attached hydrogens (tertiary/aromatic N) is 4. The van der Waals surface area contributed by atoms with Gasteiger partial charge in [-0.3, -0.25) is 0 Å². The van der Waals surface area contributed by atoms with E-state index in [1.807, 2.05) is 31.1 Å². The minimum atomic E-state index is 0.387. The highest BCUT2D eigenvalue weighted by Crippen LogP contribution is 2.28. The SMILES string of the molecule is CN(C)CCOc1nc(-c2ccco2)nnc1-c1ccc(Cl)cc1. The van der Waals surface area contributed by atoms with E-state index >= 15 is 0 Å². The fourth-order valence-corrected chi connectivity index (χ4v) is 2.16. The Hall–Kier alpha value is -2.44. The van der Waals surface area contributed by atoms with Crippen molar-refractivity contribution in [1.29, 1.82) is 0 Å². The molecule has 24 heavy (non-hydrogen) atoms. The molecule has 0 unspecified atom stereocenters. The fourth-order valence-electron chi connectivity index (χ4n) is 2.04. The zero-order chi connectivity index (χ0) is 16.9. The first kappa shape index (κ1) is 16.4. The van der Waals surface area contributed by atoms with E-state index in [4.69, 9.17) is 20.8 Å². The van der Waals surface area contributed by atoms with Gasteiger partial charge in [0.1, 0.15) is 6.61 Å². The third-order valence-corrected chi connectivity index (χ3v) is 3.54. The number of halogens is 1. The highest BCUT2D eigenvalue weighted by molar-refractivity contribution is 6.30. The maximum atomic E-state index is 5.95. The number of rotatable bonds is 6. The van der Waals surface area contributed by atoms with Gasteiger partial charge in [0.15, 0.2) is 11.5 Å². The highest BCUT2D eigenvalue weighted by atomic mass is 35.5. The molecule has 1 aromatic carbocycles. The summed E-state index contributed by atoms with van der Waals surface area (Å²) in [5.41, 5.74) is 1.41. The highest BCUT2D eigenvalue weighted by Gasteiger charge is 2.15. The summed E-state index contributed by atoms with van der Waals surface area (Å²) in [6, 6.07) is 10.9. The molecule has 3 rings (SSSR count). The predicted molar refractivity (Wildman–Crippen MR) is 92.0 cm³/mol. The average molecular weight is 345 g/mol. The molecule has 2 aromatic heterocycles. The molecule has 2 heterocycles. The Labute approximate surface area is 145 Å². The lowest BCUT2D eigenvalue weighted by Gasteiger charge is -2.13. The molecule has 0 saturated heterocycles. The largest absolute Gasteiger partial charge is 0.475 e. The quantitative estimate of drug-likeness (QED) is 0.683. The number of hydrogen-bond donors (Lipinski definition) is 0. The second-order valence-corrected chi connectivity index (χ2v) is 5.86. The van der Waals surface area contributed by atoms with Crippen LogP contribution >= 0.6 is 11.6 Å². The standard InChI is InChI=1S/C17H17ClN4O2/c1-22(2)9-11-24-17-15(12-5-7-13(18)8-6-12)20-21-16(19-17)14-4-3-10-23-14/h3-8,10H,9,11H2,1-2H3. The monoisotopic (exact) mass is 344 g/mol. The van der Waals surface area contributed by atoms with Crippen molar-refractivity contribution in [3.63, 3.8) is 0 Å². The van der Waals surface area contributed by atoms with E-state index in [0.29, 0.717) is 34.8 Å². The molecule has 0 radical (unpaired) electrons. The van der Waals surface area contributed by atoms with E-state index in [0.717, 1.165) is 12.1 Å². The lowest BCUT2D eigenvalue weighted by Crippen LogP contribution is -2.20. The lowest BCUT2D eigenvalue weighted by atomic mass is 10.1. The summed E-state index contributed by atoms with van der Waals surface area (Å²) < 4.78 is 11.2. The van der Waals surface area contributed by atoms with Gasteiger partial charge in [0.2, 0.25) is 11.7 Å². The molecule has 0 N–H and O–H groups in total. The van der Waals surface area contributed by atoms with Crippen molar-refractivity contribution in [3.05, 3.63) is 47.7 Å². The molecule has 0 aliphatic carbocycles. The Balaban J connectivity index is 1.95. The van der Waals surface area contributed by atoms with Gasteiger partial charge in [0.25, 0.3) is 0 Å². The summed E-state index contributed by atoms with van der Waals surface area (Å²) in [6.07, 6.45) is 1.57. The van der Waals surface area contributed by atoms with Gasteiger partial charge in [-0.05, 0) is 38.4 Å². The molecule has 7 heteroatoms. The second kappa shape index (κ2) is 7.42. The van der Waals surface area contributed by atoms with Gasteiger partial charge < -0.3 is 14.1 Å². The third kappa shape index (κ3) is 3.90.